The molecular weight excluding hydrogens is 294 g/mol. The van der Waals surface area contributed by atoms with E-state index in [0.29, 0.717) is 9.08 Å². The minimum absolute atomic E-state index is 0.572. The summed E-state index contributed by atoms with van der Waals surface area (Å²) in [6, 6.07) is 0. The van der Waals surface area contributed by atoms with E-state index in [1.807, 2.05) is 0 Å². The molecule has 1 amide bonds. The lowest BCUT2D eigenvalue weighted by Gasteiger charge is -1.99. The molecule has 0 saturated heterocycles. The summed E-state index contributed by atoms with van der Waals surface area (Å²) in [7, 11) is 1.47. The van der Waals surface area contributed by atoms with Crippen molar-refractivity contribution in [3.05, 3.63) is 15.3 Å². The van der Waals surface area contributed by atoms with E-state index in [1.165, 1.54) is 13.2 Å². The SMILES string of the molecule is CNC(=O)On1cc(Br)c(Br)n1. The van der Waals surface area contributed by atoms with Gasteiger partial charge in [0.15, 0.2) is 0 Å². The third kappa shape index (κ3) is 2.21. The van der Waals surface area contributed by atoms with Crippen molar-refractivity contribution >= 4 is 38.0 Å². The highest BCUT2D eigenvalue weighted by Crippen LogP contribution is 2.19. The van der Waals surface area contributed by atoms with Gasteiger partial charge in [0, 0.05) is 7.05 Å². The van der Waals surface area contributed by atoms with Gasteiger partial charge in [0.1, 0.15) is 4.60 Å². The second-order valence-electron chi connectivity index (χ2n) is 1.80. The van der Waals surface area contributed by atoms with Gasteiger partial charge in [-0.05, 0) is 31.9 Å². The first kappa shape index (κ1) is 9.53. The fraction of sp³-hybridized carbons (Fsp3) is 0.200. The first-order chi connectivity index (χ1) is 5.63. The van der Waals surface area contributed by atoms with Gasteiger partial charge >= 0.3 is 6.09 Å². The molecule has 0 aliphatic rings. The molecule has 0 fully saturated rings. The zero-order valence-electron chi connectivity index (χ0n) is 6.04. The fourth-order valence-electron chi connectivity index (χ4n) is 0.491. The second kappa shape index (κ2) is 3.90. The molecule has 5 nitrogen and oxygen atoms in total. The van der Waals surface area contributed by atoms with Gasteiger partial charge in [-0.2, -0.15) is 0 Å². The molecule has 0 aliphatic carbocycles. The predicted octanol–water partition coefficient (Wildman–Crippen LogP) is 1.18. The van der Waals surface area contributed by atoms with Crippen LogP contribution in [0.1, 0.15) is 0 Å². The molecule has 0 atom stereocenters. The molecule has 1 rings (SSSR count). The van der Waals surface area contributed by atoms with Gasteiger partial charge in [-0.25, -0.2) is 4.79 Å². The summed E-state index contributed by atoms with van der Waals surface area (Å²) in [5, 5.41) is 6.09. The zero-order valence-corrected chi connectivity index (χ0v) is 9.22. The van der Waals surface area contributed by atoms with Crippen molar-refractivity contribution in [1.82, 2.24) is 15.3 Å². The standard InChI is InChI=1S/C5H5Br2N3O2/c1-8-5(11)12-10-2-3(6)4(7)9-10/h2H,1H3,(H,8,11). The van der Waals surface area contributed by atoms with Crippen LogP contribution in [0, 0.1) is 0 Å². The number of amides is 1. The Morgan fingerprint density at radius 3 is 2.83 bits per heavy atom. The van der Waals surface area contributed by atoms with Crippen LogP contribution in [-0.2, 0) is 0 Å². The lowest BCUT2D eigenvalue weighted by molar-refractivity contribution is 0.117. The lowest BCUT2D eigenvalue weighted by atomic mass is 10.8. The quantitative estimate of drug-likeness (QED) is 0.847. The molecule has 66 valence electrons. The average molecular weight is 299 g/mol. The average Bonchev–Trinajstić information content (AvgIpc) is 2.31. The highest BCUT2D eigenvalue weighted by molar-refractivity contribution is 9.13. The van der Waals surface area contributed by atoms with Crippen molar-refractivity contribution in [3.63, 3.8) is 0 Å². The molecule has 0 aromatic carbocycles. The minimum atomic E-state index is -0.572. The molecule has 1 aromatic heterocycles. The first-order valence-corrected chi connectivity index (χ1v) is 4.53. The second-order valence-corrected chi connectivity index (χ2v) is 3.40. The number of carbonyl (C=O) groups excluding carboxylic acids is 1. The van der Waals surface area contributed by atoms with E-state index in [9.17, 15) is 4.79 Å². The van der Waals surface area contributed by atoms with E-state index >= 15 is 0 Å². The number of nitrogens with one attached hydrogen (secondary N) is 1. The molecule has 0 saturated carbocycles. The Kier molecular flexibility index (Phi) is 3.10. The lowest BCUT2D eigenvalue weighted by Crippen LogP contribution is -2.29. The van der Waals surface area contributed by atoms with Gasteiger partial charge in [-0.1, -0.05) is 4.85 Å². The van der Waals surface area contributed by atoms with Crippen molar-refractivity contribution in [2.75, 3.05) is 7.05 Å². The number of nitrogens with zero attached hydrogens (tertiary/aromatic N) is 2. The maximum absolute atomic E-state index is 10.7. The maximum atomic E-state index is 10.7. The summed E-state index contributed by atoms with van der Waals surface area (Å²) in [4.78, 5) is 16.4. The third-order valence-corrected chi connectivity index (χ3v) is 2.69. The van der Waals surface area contributed by atoms with E-state index in [-0.39, 0.29) is 0 Å². The summed E-state index contributed by atoms with van der Waals surface area (Å²) in [5.41, 5.74) is 0. The number of hydrogen-bond donors (Lipinski definition) is 1. The Hall–Kier alpha value is -0.560. The molecule has 0 bridgehead atoms. The van der Waals surface area contributed by atoms with E-state index in [4.69, 9.17) is 0 Å². The summed E-state index contributed by atoms with van der Waals surface area (Å²) in [6.07, 6.45) is 0.941. The summed E-state index contributed by atoms with van der Waals surface area (Å²) in [6.45, 7) is 0. The van der Waals surface area contributed by atoms with Crippen molar-refractivity contribution in [2.24, 2.45) is 0 Å². The van der Waals surface area contributed by atoms with Crippen molar-refractivity contribution in [2.45, 2.75) is 0 Å². The van der Waals surface area contributed by atoms with Gasteiger partial charge in [0.05, 0.1) is 10.7 Å². The van der Waals surface area contributed by atoms with Gasteiger partial charge in [-0.3, -0.25) is 4.84 Å². The van der Waals surface area contributed by atoms with E-state index in [0.717, 1.165) is 4.85 Å². The van der Waals surface area contributed by atoms with E-state index < -0.39 is 6.09 Å². The Bertz CT molecular complexity index is 279. The number of hydrogen-bond acceptors (Lipinski definition) is 3. The number of halogens is 2. The van der Waals surface area contributed by atoms with Crippen LogP contribution in [0.5, 0.6) is 0 Å². The molecule has 1 aromatic rings. The van der Waals surface area contributed by atoms with Crippen LogP contribution in [0.25, 0.3) is 0 Å². The summed E-state index contributed by atoms with van der Waals surface area (Å²) < 4.78 is 1.29. The molecular formula is C5H5Br2N3O2. The van der Waals surface area contributed by atoms with Crippen LogP contribution in [0.3, 0.4) is 0 Å². The highest BCUT2D eigenvalue weighted by Gasteiger charge is 2.06. The first-order valence-electron chi connectivity index (χ1n) is 2.94. The molecule has 1 N–H and O–H groups in total. The van der Waals surface area contributed by atoms with Crippen LogP contribution < -0.4 is 10.2 Å². The smallest absolute Gasteiger partial charge is 0.323 e. The Labute approximate surface area is 85.3 Å². The number of aromatic nitrogens is 2. The van der Waals surface area contributed by atoms with Gasteiger partial charge < -0.3 is 5.32 Å². The zero-order chi connectivity index (χ0) is 9.14. The van der Waals surface area contributed by atoms with Crippen LogP contribution in [0.15, 0.2) is 15.3 Å². The normalized spacial score (nSPS) is 9.58. The molecule has 0 radical (unpaired) electrons. The largest absolute Gasteiger partial charge is 0.433 e. The van der Waals surface area contributed by atoms with Crippen LogP contribution in [0.4, 0.5) is 4.79 Å². The molecule has 0 spiro atoms. The van der Waals surface area contributed by atoms with Gasteiger partial charge in [-0.15, -0.1) is 5.10 Å². The molecule has 7 heteroatoms. The van der Waals surface area contributed by atoms with Crippen molar-refractivity contribution < 1.29 is 9.63 Å². The fourth-order valence-corrected chi connectivity index (χ4v) is 1.00. The van der Waals surface area contributed by atoms with Gasteiger partial charge in [0.2, 0.25) is 0 Å². The van der Waals surface area contributed by atoms with E-state index in [1.54, 1.807) is 0 Å². The van der Waals surface area contributed by atoms with Crippen molar-refractivity contribution in [1.29, 1.82) is 0 Å². The molecule has 1 heterocycles. The topological polar surface area (TPSA) is 56.1 Å². The number of carbonyl (C=O) groups is 1. The van der Waals surface area contributed by atoms with Crippen molar-refractivity contribution in [3.8, 4) is 0 Å². The molecule has 12 heavy (non-hydrogen) atoms. The van der Waals surface area contributed by atoms with Crippen LogP contribution >= 0.6 is 31.9 Å². The summed E-state index contributed by atoms with van der Waals surface area (Å²) >= 11 is 6.32. The predicted molar refractivity (Wildman–Crippen MR) is 48.7 cm³/mol. The third-order valence-electron chi connectivity index (χ3n) is 0.988. The Morgan fingerprint density at radius 1 is 1.75 bits per heavy atom. The van der Waals surface area contributed by atoms with E-state index in [2.05, 4.69) is 47.1 Å². The maximum Gasteiger partial charge on any atom is 0.433 e. The Morgan fingerprint density at radius 2 is 2.42 bits per heavy atom. The number of rotatable bonds is 1. The van der Waals surface area contributed by atoms with Crippen LogP contribution in [0.2, 0.25) is 0 Å². The molecule has 0 unspecified atom stereocenters. The summed E-state index contributed by atoms with van der Waals surface area (Å²) in [5.74, 6) is 0. The molecule has 0 aliphatic heterocycles. The Balaban J connectivity index is 2.70. The van der Waals surface area contributed by atoms with Crippen LogP contribution in [-0.4, -0.2) is 23.1 Å². The minimum Gasteiger partial charge on any atom is -0.323 e. The monoisotopic (exact) mass is 297 g/mol. The van der Waals surface area contributed by atoms with Gasteiger partial charge in [0.25, 0.3) is 0 Å². The highest BCUT2D eigenvalue weighted by atomic mass is 79.9.